The van der Waals surface area contributed by atoms with Crippen molar-refractivity contribution in [3.63, 3.8) is 0 Å². The molecule has 0 aliphatic heterocycles. The fourth-order valence-corrected chi connectivity index (χ4v) is 1.42. The van der Waals surface area contributed by atoms with Crippen LogP contribution in [-0.4, -0.2) is 11.0 Å². The molecule has 0 aliphatic carbocycles. The zero-order valence-electron chi connectivity index (χ0n) is 9.81. The van der Waals surface area contributed by atoms with E-state index in [4.69, 9.17) is 4.74 Å². The van der Waals surface area contributed by atoms with E-state index in [9.17, 15) is 4.79 Å². The predicted molar refractivity (Wildman–Crippen MR) is 65.1 cm³/mol. The van der Waals surface area contributed by atoms with Gasteiger partial charge < -0.3 is 4.74 Å². The Bertz CT molecular complexity index is 532. The molecule has 0 amide bonds. The van der Waals surface area contributed by atoms with Crippen LogP contribution in [0.15, 0.2) is 42.6 Å². The van der Waals surface area contributed by atoms with Gasteiger partial charge in [-0.2, -0.15) is 0 Å². The van der Waals surface area contributed by atoms with E-state index in [2.05, 4.69) is 4.98 Å². The molecule has 0 unspecified atom stereocenters. The summed E-state index contributed by atoms with van der Waals surface area (Å²) in [5.41, 5.74) is 2.26. The van der Waals surface area contributed by atoms with Gasteiger partial charge in [0, 0.05) is 11.9 Å². The molecule has 0 bridgehead atoms. The quantitative estimate of drug-likeness (QED) is 0.585. The standard InChI is InChI=1S/C14H13NO2/c1-10-5-3-4-6-13(10)17-14(16)12-8-7-11(2)15-9-12/h3-9H,1-2H3. The van der Waals surface area contributed by atoms with Crippen molar-refractivity contribution in [3.8, 4) is 5.75 Å². The number of pyridine rings is 1. The summed E-state index contributed by atoms with van der Waals surface area (Å²) in [4.78, 5) is 15.9. The van der Waals surface area contributed by atoms with Crippen molar-refractivity contribution >= 4 is 5.97 Å². The highest BCUT2D eigenvalue weighted by Gasteiger charge is 2.09. The first-order valence-electron chi connectivity index (χ1n) is 5.37. The van der Waals surface area contributed by atoms with Crippen LogP contribution in [0.4, 0.5) is 0 Å². The van der Waals surface area contributed by atoms with Crippen molar-refractivity contribution in [2.45, 2.75) is 13.8 Å². The lowest BCUT2D eigenvalue weighted by Gasteiger charge is -2.06. The molecule has 3 nitrogen and oxygen atoms in total. The van der Waals surface area contributed by atoms with Crippen molar-refractivity contribution < 1.29 is 9.53 Å². The van der Waals surface area contributed by atoms with Gasteiger partial charge in [-0.1, -0.05) is 18.2 Å². The predicted octanol–water partition coefficient (Wildman–Crippen LogP) is 2.92. The molecule has 0 atom stereocenters. The Labute approximate surface area is 100 Å². The molecule has 0 fully saturated rings. The number of hydrogen-bond donors (Lipinski definition) is 0. The van der Waals surface area contributed by atoms with Crippen LogP contribution in [0.1, 0.15) is 21.6 Å². The molecule has 3 heteroatoms. The minimum Gasteiger partial charge on any atom is -0.423 e. The molecule has 17 heavy (non-hydrogen) atoms. The van der Waals surface area contributed by atoms with Crippen LogP contribution < -0.4 is 4.74 Å². The minimum absolute atomic E-state index is 0.383. The van der Waals surface area contributed by atoms with Crippen LogP contribution in [0, 0.1) is 13.8 Å². The van der Waals surface area contributed by atoms with E-state index < -0.39 is 0 Å². The number of para-hydroxylation sites is 1. The molecule has 0 spiro atoms. The molecule has 2 aromatic rings. The summed E-state index contributed by atoms with van der Waals surface area (Å²) in [6.45, 7) is 3.77. The van der Waals surface area contributed by atoms with Crippen LogP contribution in [0.3, 0.4) is 0 Å². The first-order valence-corrected chi connectivity index (χ1v) is 5.37. The van der Waals surface area contributed by atoms with Crippen LogP contribution >= 0.6 is 0 Å². The second-order valence-electron chi connectivity index (χ2n) is 3.84. The monoisotopic (exact) mass is 227 g/mol. The molecule has 86 valence electrons. The SMILES string of the molecule is Cc1ccc(C(=O)Oc2ccccc2C)cn1. The number of rotatable bonds is 2. The van der Waals surface area contributed by atoms with Gasteiger partial charge in [0.2, 0.25) is 0 Å². The number of aromatic nitrogens is 1. The van der Waals surface area contributed by atoms with Crippen LogP contribution in [-0.2, 0) is 0 Å². The molecular formula is C14H13NO2. The van der Waals surface area contributed by atoms with Gasteiger partial charge in [0.25, 0.3) is 0 Å². The summed E-state index contributed by atoms with van der Waals surface area (Å²) in [5, 5.41) is 0. The van der Waals surface area contributed by atoms with Gasteiger partial charge in [-0.25, -0.2) is 4.79 Å². The maximum Gasteiger partial charge on any atom is 0.345 e. The van der Waals surface area contributed by atoms with Gasteiger partial charge in [0.1, 0.15) is 5.75 Å². The van der Waals surface area contributed by atoms with Gasteiger partial charge >= 0.3 is 5.97 Å². The zero-order valence-corrected chi connectivity index (χ0v) is 9.81. The molecule has 1 aromatic heterocycles. The number of aryl methyl sites for hydroxylation is 2. The first kappa shape index (κ1) is 11.3. The van der Waals surface area contributed by atoms with Crippen LogP contribution in [0.5, 0.6) is 5.75 Å². The van der Waals surface area contributed by atoms with Crippen molar-refractivity contribution in [3.05, 3.63) is 59.4 Å². The topological polar surface area (TPSA) is 39.2 Å². The minimum atomic E-state index is -0.383. The highest BCUT2D eigenvalue weighted by atomic mass is 16.5. The largest absolute Gasteiger partial charge is 0.423 e. The van der Waals surface area contributed by atoms with Crippen molar-refractivity contribution in [2.24, 2.45) is 0 Å². The summed E-state index contributed by atoms with van der Waals surface area (Å²) in [6, 6.07) is 10.9. The summed E-state index contributed by atoms with van der Waals surface area (Å²) in [6.07, 6.45) is 1.52. The van der Waals surface area contributed by atoms with Crippen LogP contribution in [0.25, 0.3) is 0 Å². The number of carbonyl (C=O) groups is 1. The van der Waals surface area contributed by atoms with Gasteiger partial charge in [-0.15, -0.1) is 0 Å². The maximum atomic E-state index is 11.8. The number of carbonyl (C=O) groups excluding carboxylic acids is 1. The molecular weight excluding hydrogens is 214 g/mol. The lowest BCUT2D eigenvalue weighted by atomic mass is 10.2. The fraction of sp³-hybridized carbons (Fsp3) is 0.143. The van der Waals surface area contributed by atoms with Crippen LogP contribution in [0.2, 0.25) is 0 Å². The Balaban J connectivity index is 2.17. The Kier molecular flexibility index (Phi) is 3.19. The number of esters is 1. The third kappa shape index (κ3) is 2.69. The van der Waals surface area contributed by atoms with E-state index >= 15 is 0 Å². The lowest BCUT2D eigenvalue weighted by Crippen LogP contribution is -2.09. The van der Waals surface area contributed by atoms with E-state index in [-0.39, 0.29) is 5.97 Å². The summed E-state index contributed by atoms with van der Waals surface area (Å²) >= 11 is 0. The first-order chi connectivity index (χ1) is 8.16. The van der Waals surface area contributed by atoms with Gasteiger partial charge in [-0.3, -0.25) is 4.98 Å². The second kappa shape index (κ2) is 4.78. The Morgan fingerprint density at radius 1 is 1.12 bits per heavy atom. The van der Waals surface area contributed by atoms with Gasteiger partial charge in [-0.05, 0) is 37.6 Å². The maximum absolute atomic E-state index is 11.8. The van der Waals surface area contributed by atoms with Crippen molar-refractivity contribution in [1.82, 2.24) is 4.98 Å². The molecule has 1 aromatic carbocycles. The molecule has 1 heterocycles. The zero-order chi connectivity index (χ0) is 12.3. The molecule has 0 saturated heterocycles. The summed E-state index contributed by atoms with van der Waals surface area (Å²) in [5.74, 6) is 0.199. The van der Waals surface area contributed by atoms with E-state index in [0.29, 0.717) is 11.3 Å². The fourth-order valence-electron chi connectivity index (χ4n) is 1.42. The molecule has 0 radical (unpaired) electrons. The average Bonchev–Trinajstić information content (AvgIpc) is 2.33. The van der Waals surface area contributed by atoms with E-state index in [0.717, 1.165) is 11.3 Å². The Morgan fingerprint density at radius 2 is 1.88 bits per heavy atom. The lowest BCUT2D eigenvalue weighted by molar-refractivity contribution is 0.0733. The number of nitrogens with zero attached hydrogens (tertiary/aromatic N) is 1. The highest BCUT2D eigenvalue weighted by Crippen LogP contribution is 2.17. The van der Waals surface area contributed by atoms with Gasteiger partial charge in [0.05, 0.1) is 5.56 Å². The smallest absolute Gasteiger partial charge is 0.345 e. The van der Waals surface area contributed by atoms with E-state index in [1.807, 2.05) is 32.0 Å². The Morgan fingerprint density at radius 3 is 2.53 bits per heavy atom. The highest BCUT2D eigenvalue weighted by molar-refractivity contribution is 5.90. The second-order valence-corrected chi connectivity index (χ2v) is 3.84. The normalized spacial score (nSPS) is 10.0. The third-order valence-electron chi connectivity index (χ3n) is 2.44. The average molecular weight is 227 g/mol. The summed E-state index contributed by atoms with van der Waals surface area (Å²) in [7, 11) is 0. The number of benzene rings is 1. The third-order valence-corrected chi connectivity index (χ3v) is 2.44. The Hall–Kier alpha value is -2.16. The van der Waals surface area contributed by atoms with Gasteiger partial charge in [0.15, 0.2) is 0 Å². The number of hydrogen-bond acceptors (Lipinski definition) is 3. The van der Waals surface area contributed by atoms with E-state index in [1.54, 1.807) is 18.2 Å². The van der Waals surface area contributed by atoms with Crippen molar-refractivity contribution in [1.29, 1.82) is 0 Å². The molecule has 0 saturated carbocycles. The van der Waals surface area contributed by atoms with Crippen molar-refractivity contribution in [2.75, 3.05) is 0 Å². The summed E-state index contributed by atoms with van der Waals surface area (Å²) < 4.78 is 5.29. The number of ether oxygens (including phenoxy) is 1. The molecule has 2 rings (SSSR count). The van der Waals surface area contributed by atoms with E-state index in [1.165, 1.54) is 6.20 Å². The molecule has 0 aliphatic rings. The molecule has 0 N–H and O–H groups in total.